The molecule has 1 atom stereocenters. The molecule has 1 unspecified atom stereocenters. The highest BCUT2D eigenvalue weighted by Gasteiger charge is 2.24. The first-order valence-corrected chi connectivity index (χ1v) is 11.2. The molecule has 2 aliphatic rings. The predicted molar refractivity (Wildman–Crippen MR) is 121 cm³/mol. The van der Waals surface area contributed by atoms with Gasteiger partial charge in [-0.3, -0.25) is 14.3 Å². The maximum atomic E-state index is 4.96. The van der Waals surface area contributed by atoms with Gasteiger partial charge in [0, 0.05) is 45.1 Å². The molecule has 1 saturated heterocycles. The molecule has 3 aromatic heterocycles. The Morgan fingerprint density at radius 1 is 1.07 bits per heavy atom. The fourth-order valence-corrected chi connectivity index (χ4v) is 4.96. The van der Waals surface area contributed by atoms with Crippen molar-refractivity contribution < 1.29 is 0 Å². The number of piperazine rings is 1. The van der Waals surface area contributed by atoms with Crippen molar-refractivity contribution in [2.45, 2.75) is 38.3 Å². The standard InChI is InChI=1S/C24H32N6/c1-27-13-15-29(16-14-27)23-11-5-10-22-26-20(18-30(22)23)17-28(2)21-9-4-3-7-19-8-6-12-25-24(19)21/h5-6,8,10-12,18,21H,3-4,7,9,13-17H2,1-2H3. The molecule has 0 aromatic carbocycles. The molecular formula is C24H32N6. The van der Waals surface area contributed by atoms with Crippen molar-refractivity contribution in [2.24, 2.45) is 0 Å². The number of hydrogen-bond acceptors (Lipinski definition) is 5. The largest absolute Gasteiger partial charge is 0.355 e. The molecule has 0 N–H and O–H groups in total. The Labute approximate surface area is 179 Å². The maximum Gasteiger partial charge on any atom is 0.138 e. The SMILES string of the molecule is CN1CCN(c2cccc3nc(CN(C)C4CCCCc5cccnc54)cn23)CC1. The van der Waals surface area contributed by atoms with Crippen molar-refractivity contribution in [1.82, 2.24) is 24.2 Å². The van der Waals surface area contributed by atoms with Crippen LogP contribution < -0.4 is 4.90 Å². The lowest BCUT2D eigenvalue weighted by atomic mass is 10.0. The molecule has 0 amide bonds. The average molecular weight is 405 g/mol. The van der Waals surface area contributed by atoms with Crippen LogP contribution in [0.15, 0.2) is 42.7 Å². The summed E-state index contributed by atoms with van der Waals surface area (Å²) in [6.45, 7) is 5.18. The van der Waals surface area contributed by atoms with Gasteiger partial charge in [-0.25, -0.2) is 4.98 Å². The van der Waals surface area contributed by atoms with E-state index in [9.17, 15) is 0 Å². The van der Waals surface area contributed by atoms with Crippen LogP contribution in [0.25, 0.3) is 5.65 Å². The van der Waals surface area contributed by atoms with E-state index in [0.717, 1.165) is 50.5 Å². The maximum absolute atomic E-state index is 4.96. The van der Waals surface area contributed by atoms with Crippen molar-refractivity contribution >= 4 is 11.5 Å². The van der Waals surface area contributed by atoms with E-state index in [1.54, 1.807) is 0 Å². The summed E-state index contributed by atoms with van der Waals surface area (Å²) < 4.78 is 2.27. The fourth-order valence-electron chi connectivity index (χ4n) is 4.96. The van der Waals surface area contributed by atoms with E-state index in [-0.39, 0.29) is 0 Å². The lowest BCUT2D eigenvalue weighted by Crippen LogP contribution is -2.45. The number of likely N-dealkylation sites (N-methyl/N-ethyl adjacent to an activating group) is 1. The Balaban J connectivity index is 1.39. The molecule has 0 bridgehead atoms. The number of anilines is 1. The summed E-state index contributed by atoms with van der Waals surface area (Å²) in [5, 5.41) is 0. The number of nitrogens with zero attached hydrogens (tertiary/aromatic N) is 6. The van der Waals surface area contributed by atoms with Gasteiger partial charge in [0.25, 0.3) is 0 Å². The normalized spacial score (nSPS) is 20.5. The van der Waals surface area contributed by atoms with Crippen LogP contribution in [0, 0.1) is 0 Å². The smallest absolute Gasteiger partial charge is 0.138 e. The lowest BCUT2D eigenvalue weighted by molar-refractivity contribution is 0.217. The van der Waals surface area contributed by atoms with Gasteiger partial charge >= 0.3 is 0 Å². The van der Waals surface area contributed by atoms with E-state index in [2.05, 4.69) is 69.7 Å². The Kier molecular flexibility index (Phi) is 5.44. The fraction of sp³-hybridized carbons (Fsp3) is 0.500. The van der Waals surface area contributed by atoms with Crippen LogP contribution in [0.3, 0.4) is 0 Å². The molecule has 0 spiro atoms. The van der Waals surface area contributed by atoms with Crippen molar-refractivity contribution in [1.29, 1.82) is 0 Å². The summed E-state index contributed by atoms with van der Waals surface area (Å²) in [7, 11) is 4.42. The highest BCUT2D eigenvalue weighted by Crippen LogP contribution is 2.32. The van der Waals surface area contributed by atoms with E-state index in [0.29, 0.717) is 6.04 Å². The molecule has 30 heavy (non-hydrogen) atoms. The Bertz CT molecular complexity index is 1000. The van der Waals surface area contributed by atoms with Gasteiger partial charge in [0.05, 0.1) is 17.4 Å². The topological polar surface area (TPSA) is 39.9 Å². The van der Waals surface area contributed by atoms with Crippen molar-refractivity contribution in [3.8, 4) is 0 Å². The zero-order chi connectivity index (χ0) is 20.5. The minimum absolute atomic E-state index is 0.366. The monoisotopic (exact) mass is 404 g/mol. The summed E-state index contributed by atoms with van der Waals surface area (Å²) in [5.41, 5.74) is 4.84. The van der Waals surface area contributed by atoms with Gasteiger partial charge in [-0.15, -0.1) is 0 Å². The third-order valence-electron chi connectivity index (χ3n) is 6.71. The van der Waals surface area contributed by atoms with Crippen molar-refractivity contribution in [2.75, 3.05) is 45.2 Å². The highest BCUT2D eigenvalue weighted by atomic mass is 15.3. The molecule has 6 nitrogen and oxygen atoms in total. The van der Waals surface area contributed by atoms with E-state index < -0.39 is 0 Å². The van der Waals surface area contributed by atoms with Gasteiger partial charge in [-0.1, -0.05) is 18.6 Å². The molecule has 158 valence electrons. The van der Waals surface area contributed by atoms with Gasteiger partial charge in [0.1, 0.15) is 11.5 Å². The first-order chi connectivity index (χ1) is 14.7. The van der Waals surface area contributed by atoms with Crippen molar-refractivity contribution in [3.63, 3.8) is 0 Å². The quantitative estimate of drug-likeness (QED) is 0.624. The van der Waals surface area contributed by atoms with Gasteiger partial charge < -0.3 is 9.80 Å². The lowest BCUT2D eigenvalue weighted by Gasteiger charge is -2.34. The molecule has 0 radical (unpaired) electrons. The summed E-state index contributed by atoms with van der Waals surface area (Å²) in [4.78, 5) is 17.0. The van der Waals surface area contributed by atoms with Crippen LogP contribution in [-0.4, -0.2) is 64.4 Å². The molecule has 5 rings (SSSR count). The van der Waals surface area contributed by atoms with Crippen LogP contribution in [0.4, 0.5) is 5.82 Å². The zero-order valence-electron chi connectivity index (χ0n) is 18.2. The molecule has 1 aliphatic heterocycles. The zero-order valence-corrected chi connectivity index (χ0v) is 18.2. The Hall–Kier alpha value is -2.44. The third kappa shape index (κ3) is 3.82. The minimum atomic E-state index is 0.366. The van der Waals surface area contributed by atoms with Crippen LogP contribution in [-0.2, 0) is 13.0 Å². The highest BCUT2D eigenvalue weighted by molar-refractivity contribution is 5.52. The van der Waals surface area contributed by atoms with Gasteiger partial charge in [-0.2, -0.15) is 0 Å². The summed E-state index contributed by atoms with van der Waals surface area (Å²) in [6, 6.07) is 11.2. The molecule has 3 aromatic rings. The van der Waals surface area contributed by atoms with Crippen LogP contribution in [0.1, 0.15) is 42.3 Å². The second-order valence-electron chi connectivity index (χ2n) is 8.86. The molecule has 4 heterocycles. The van der Waals surface area contributed by atoms with E-state index >= 15 is 0 Å². The number of hydrogen-bond donors (Lipinski definition) is 0. The average Bonchev–Trinajstić information content (AvgIpc) is 3.04. The summed E-state index contributed by atoms with van der Waals surface area (Å²) >= 11 is 0. The van der Waals surface area contributed by atoms with E-state index in [1.807, 2.05) is 6.20 Å². The number of pyridine rings is 2. The number of aryl methyl sites for hydroxylation is 1. The first kappa shape index (κ1) is 19.5. The summed E-state index contributed by atoms with van der Waals surface area (Å²) in [6.07, 6.45) is 9.00. The van der Waals surface area contributed by atoms with Gasteiger partial charge in [0.2, 0.25) is 0 Å². The van der Waals surface area contributed by atoms with Crippen LogP contribution in [0.5, 0.6) is 0 Å². The number of rotatable bonds is 4. The Morgan fingerprint density at radius 3 is 2.80 bits per heavy atom. The Morgan fingerprint density at radius 2 is 1.93 bits per heavy atom. The summed E-state index contributed by atoms with van der Waals surface area (Å²) in [5.74, 6) is 1.25. The molecule has 1 aliphatic carbocycles. The van der Waals surface area contributed by atoms with Gasteiger partial charge in [-0.05, 0) is 57.1 Å². The first-order valence-electron chi connectivity index (χ1n) is 11.2. The van der Waals surface area contributed by atoms with E-state index in [1.165, 1.54) is 36.3 Å². The second-order valence-corrected chi connectivity index (χ2v) is 8.86. The number of fused-ring (bicyclic) bond motifs is 2. The van der Waals surface area contributed by atoms with Crippen LogP contribution >= 0.6 is 0 Å². The molecule has 0 saturated carbocycles. The molecule has 1 fully saturated rings. The minimum Gasteiger partial charge on any atom is -0.355 e. The van der Waals surface area contributed by atoms with Crippen molar-refractivity contribution in [3.05, 3.63) is 59.7 Å². The third-order valence-corrected chi connectivity index (χ3v) is 6.71. The molecular weight excluding hydrogens is 372 g/mol. The van der Waals surface area contributed by atoms with E-state index in [4.69, 9.17) is 9.97 Å². The molecule has 6 heteroatoms. The number of aromatic nitrogens is 3. The number of imidazole rings is 1. The van der Waals surface area contributed by atoms with Crippen LogP contribution in [0.2, 0.25) is 0 Å². The van der Waals surface area contributed by atoms with Gasteiger partial charge in [0.15, 0.2) is 0 Å². The predicted octanol–water partition coefficient (Wildman–Crippen LogP) is 3.38. The second kappa shape index (κ2) is 8.36.